The second-order valence-corrected chi connectivity index (χ2v) is 8.72. The van der Waals surface area contributed by atoms with Crippen molar-refractivity contribution in [2.24, 2.45) is 0 Å². The van der Waals surface area contributed by atoms with E-state index in [-0.39, 0.29) is 37.9 Å². The molecule has 0 atom stereocenters. The number of ether oxygens (including phenoxy) is 2. The minimum absolute atomic E-state index is 0.0677. The molecule has 1 aliphatic rings. The van der Waals surface area contributed by atoms with E-state index < -0.39 is 0 Å². The molecule has 1 aliphatic heterocycles. The Kier molecular flexibility index (Phi) is 7.60. The molecule has 2 aromatic carbocycles. The number of fused-ring (bicyclic) bond motifs is 1. The highest BCUT2D eigenvalue weighted by molar-refractivity contribution is 5.92. The molecule has 1 N–H and O–H groups in total. The summed E-state index contributed by atoms with van der Waals surface area (Å²) in [7, 11) is 0. The third-order valence-electron chi connectivity index (χ3n) is 5.89. The Morgan fingerprint density at radius 1 is 0.971 bits per heavy atom. The number of aryl methyl sites for hydroxylation is 1. The first kappa shape index (κ1) is 24.2. The Morgan fingerprint density at radius 2 is 1.71 bits per heavy atom. The Hall–Kier alpha value is -3.94. The van der Waals surface area contributed by atoms with E-state index in [4.69, 9.17) is 13.9 Å². The summed E-state index contributed by atoms with van der Waals surface area (Å²) in [5.41, 5.74) is 2.78. The molecule has 8 heteroatoms. The predicted molar refractivity (Wildman–Crippen MR) is 132 cm³/mol. The van der Waals surface area contributed by atoms with Crippen molar-refractivity contribution >= 4 is 17.6 Å². The fraction of sp³-hybridized carbons (Fsp3) is 0.333. The Morgan fingerprint density at radius 3 is 2.40 bits per heavy atom. The normalized spacial score (nSPS) is 12.0. The maximum Gasteiger partial charge on any atom is 0.322 e. The van der Waals surface area contributed by atoms with Crippen molar-refractivity contribution in [3.63, 3.8) is 0 Å². The van der Waals surface area contributed by atoms with Crippen molar-refractivity contribution in [2.45, 2.75) is 46.3 Å². The van der Waals surface area contributed by atoms with Gasteiger partial charge in [-0.3, -0.25) is 4.79 Å². The first-order valence-electron chi connectivity index (χ1n) is 11.8. The molecular weight excluding hydrogens is 446 g/mol. The van der Waals surface area contributed by atoms with E-state index in [2.05, 4.69) is 12.2 Å². The van der Waals surface area contributed by atoms with Crippen LogP contribution in [0.2, 0.25) is 0 Å². The summed E-state index contributed by atoms with van der Waals surface area (Å²) in [6.07, 6.45) is 2.51. The van der Waals surface area contributed by atoms with Gasteiger partial charge in [0.05, 0.1) is 12.8 Å². The van der Waals surface area contributed by atoms with Crippen LogP contribution in [-0.2, 0) is 24.3 Å². The van der Waals surface area contributed by atoms with Crippen LogP contribution in [0.1, 0.15) is 37.7 Å². The van der Waals surface area contributed by atoms with E-state index in [9.17, 15) is 9.59 Å². The van der Waals surface area contributed by atoms with Crippen LogP contribution >= 0.6 is 0 Å². The van der Waals surface area contributed by atoms with Crippen LogP contribution in [0.4, 0.5) is 10.5 Å². The molecule has 0 aliphatic carbocycles. The fourth-order valence-corrected chi connectivity index (χ4v) is 3.84. The highest BCUT2D eigenvalue weighted by Gasteiger charge is 2.25. The van der Waals surface area contributed by atoms with Crippen LogP contribution in [0.5, 0.6) is 11.5 Å². The van der Waals surface area contributed by atoms with E-state index in [1.54, 1.807) is 17.2 Å². The summed E-state index contributed by atoms with van der Waals surface area (Å²) in [4.78, 5) is 29.7. The summed E-state index contributed by atoms with van der Waals surface area (Å²) in [5, 5.41) is 2.91. The van der Waals surface area contributed by atoms with Crippen LogP contribution in [0.15, 0.2) is 65.3 Å². The molecule has 3 amide bonds. The standard InChI is InChI=1S/C27H31N3O5/c1-4-20-7-10-22(11-8-20)28-27(32)30(19(2)3)17-26(31)29(16-23-6-5-13-33-23)15-21-9-12-24-25(14-21)35-18-34-24/h5-14,19H,4,15-18H2,1-3H3,(H,28,32). The maximum absolute atomic E-state index is 13.5. The minimum atomic E-state index is -0.321. The van der Waals surface area contributed by atoms with Gasteiger partial charge in [-0.15, -0.1) is 0 Å². The molecular formula is C27H31N3O5. The van der Waals surface area contributed by atoms with Crippen molar-refractivity contribution in [1.29, 1.82) is 0 Å². The largest absolute Gasteiger partial charge is 0.467 e. The summed E-state index contributed by atoms with van der Waals surface area (Å²) in [6.45, 7) is 6.60. The van der Waals surface area contributed by atoms with E-state index in [0.29, 0.717) is 29.5 Å². The number of rotatable bonds is 9. The van der Waals surface area contributed by atoms with Gasteiger partial charge in [0, 0.05) is 18.3 Å². The molecule has 2 heterocycles. The smallest absolute Gasteiger partial charge is 0.322 e. The first-order valence-corrected chi connectivity index (χ1v) is 11.8. The van der Waals surface area contributed by atoms with Crippen molar-refractivity contribution in [1.82, 2.24) is 9.80 Å². The third kappa shape index (κ3) is 6.15. The van der Waals surface area contributed by atoms with Gasteiger partial charge < -0.3 is 29.0 Å². The van der Waals surface area contributed by atoms with Gasteiger partial charge in [-0.1, -0.05) is 25.1 Å². The van der Waals surface area contributed by atoms with Gasteiger partial charge in [-0.25, -0.2) is 4.79 Å². The van der Waals surface area contributed by atoms with Crippen LogP contribution < -0.4 is 14.8 Å². The summed E-state index contributed by atoms with van der Waals surface area (Å²) >= 11 is 0. The van der Waals surface area contributed by atoms with E-state index in [1.807, 2.05) is 62.4 Å². The number of benzene rings is 2. The molecule has 3 aromatic rings. The van der Waals surface area contributed by atoms with E-state index >= 15 is 0 Å². The zero-order chi connectivity index (χ0) is 24.8. The number of nitrogens with zero attached hydrogens (tertiary/aromatic N) is 2. The average molecular weight is 478 g/mol. The second kappa shape index (κ2) is 11.0. The van der Waals surface area contributed by atoms with Crippen LogP contribution in [-0.4, -0.2) is 41.1 Å². The number of carbonyl (C=O) groups excluding carboxylic acids is 2. The van der Waals surface area contributed by atoms with Crippen molar-refractivity contribution in [3.8, 4) is 11.5 Å². The van der Waals surface area contributed by atoms with Gasteiger partial charge >= 0.3 is 6.03 Å². The molecule has 0 bridgehead atoms. The molecule has 0 saturated heterocycles. The zero-order valence-electron chi connectivity index (χ0n) is 20.3. The summed E-state index contributed by atoms with van der Waals surface area (Å²) < 4.78 is 16.4. The van der Waals surface area contributed by atoms with Gasteiger partial charge in [-0.05, 0) is 67.8 Å². The maximum atomic E-state index is 13.5. The van der Waals surface area contributed by atoms with E-state index in [1.165, 1.54) is 10.5 Å². The predicted octanol–water partition coefficient (Wildman–Crippen LogP) is 5.04. The topological polar surface area (TPSA) is 84.3 Å². The molecule has 8 nitrogen and oxygen atoms in total. The van der Waals surface area contributed by atoms with Gasteiger partial charge in [-0.2, -0.15) is 0 Å². The SMILES string of the molecule is CCc1ccc(NC(=O)N(CC(=O)N(Cc2ccc3c(c2)OCO3)Cc2ccco2)C(C)C)cc1. The Balaban J connectivity index is 1.48. The first-order chi connectivity index (χ1) is 16.9. The van der Waals surface area contributed by atoms with Gasteiger partial charge in [0.25, 0.3) is 0 Å². The molecule has 184 valence electrons. The molecule has 0 fully saturated rings. The molecule has 0 spiro atoms. The number of amides is 3. The number of carbonyl (C=O) groups is 2. The number of hydrogen-bond donors (Lipinski definition) is 1. The second-order valence-electron chi connectivity index (χ2n) is 8.72. The molecule has 1 aromatic heterocycles. The fourth-order valence-electron chi connectivity index (χ4n) is 3.84. The van der Waals surface area contributed by atoms with Crippen LogP contribution in [0, 0.1) is 0 Å². The van der Waals surface area contributed by atoms with Crippen molar-refractivity contribution in [3.05, 3.63) is 77.7 Å². The number of nitrogens with one attached hydrogen (secondary N) is 1. The zero-order valence-corrected chi connectivity index (χ0v) is 20.3. The lowest BCUT2D eigenvalue weighted by Crippen LogP contribution is -2.47. The van der Waals surface area contributed by atoms with Gasteiger partial charge in [0.15, 0.2) is 11.5 Å². The van der Waals surface area contributed by atoms with Gasteiger partial charge in [0.1, 0.15) is 12.3 Å². The molecule has 0 unspecified atom stereocenters. The highest BCUT2D eigenvalue weighted by Crippen LogP contribution is 2.33. The van der Waals surface area contributed by atoms with Crippen LogP contribution in [0.25, 0.3) is 0 Å². The van der Waals surface area contributed by atoms with E-state index in [0.717, 1.165) is 12.0 Å². The molecule has 0 saturated carbocycles. The lowest BCUT2D eigenvalue weighted by molar-refractivity contribution is -0.133. The van der Waals surface area contributed by atoms with Crippen molar-refractivity contribution in [2.75, 3.05) is 18.7 Å². The lowest BCUT2D eigenvalue weighted by Gasteiger charge is -2.30. The molecule has 35 heavy (non-hydrogen) atoms. The summed E-state index contributed by atoms with van der Waals surface area (Å²) in [6, 6.07) is 16.4. The van der Waals surface area contributed by atoms with Crippen LogP contribution in [0.3, 0.4) is 0 Å². The number of anilines is 1. The Bertz CT molecular complexity index is 1140. The highest BCUT2D eigenvalue weighted by atomic mass is 16.7. The van der Waals surface area contributed by atoms with Crippen molar-refractivity contribution < 1.29 is 23.5 Å². The van der Waals surface area contributed by atoms with Gasteiger partial charge in [0.2, 0.25) is 12.7 Å². The minimum Gasteiger partial charge on any atom is -0.467 e. The quantitative estimate of drug-likeness (QED) is 0.467. The number of urea groups is 1. The Labute approximate surface area is 205 Å². The third-order valence-corrected chi connectivity index (χ3v) is 5.89. The summed E-state index contributed by atoms with van der Waals surface area (Å²) in [5.74, 6) is 1.82. The lowest BCUT2D eigenvalue weighted by atomic mass is 10.1. The number of hydrogen-bond acceptors (Lipinski definition) is 5. The molecule has 4 rings (SSSR count). The average Bonchev–Trinajstić information content (AvgIpc) is 3.54. The molecule has 0 radical (unpaired) electrons. The monoisotopic (exact) mass is 477 g/mol. The number of furan rings is 1.